The second kappa shape index (κ2) is 6.55. The van der Waals surface area contributed by atoms with E-state index in [4.69, 9.17) is 9.84 Å². The van der Waals surface area contributed by atoms with Crippen LogP contribution >= 0.6 is 0 Å². The summed E-state index contributed by atoms with van der Waals surface area (Å²) >= 11 is 0. The largest absolute Gasteiger partial charge is 0.491 e. The van der Waals surface area contributed by atoms with E-state index in [9.17, 15) is 5.11 Å². The summed E-state index contributed by atoms with van der Waals surface area (Å²) in [5, 5.41) is 19.1. The molecule has 0 radical (unpaired) electrons. The Bertz CT molecular complexity index is 561. The molecule has 1 atom stereocenters. The molecule has 2 aromatic rings. The minimum absolute atomic E-state index is 0.0194. The van der Waals surface area contributed by atoms with Gasteiger partial charge in [-0.15, -0.1) is 0 Å². The van der Waals surface area contributed by atoms with Gasteiger partial charge in [-0.2, -0.15) is 0 Å². The quantitative estimate of drug-likeness (QED) is 0.880. The molecule has 2 N–H and O–H groups in total. The van der Waals surface area contributed by atoms with Gasteiger partial charge in [-0.1, -0.05) is 30.3 Å². The summed E-state index contributed by atoms with van der Waals surface area (Å²) in [5.41, 5.74) is 4.07. The molecule has 0 aliphatic heterocycles. The zero-order valence-corrected chi connectivity index (χ0v) is 11.8. The molecule has 3 heteroatoms. The third-order valence-electron chi connectivity index (χ3n) is 3.43. The molecule has 0 saturated carbocycles. The van der Waals surface area contributed by atoms with Gasteiger partial charge in [0.25, 0.3) is 0 Å². The van der Waals surface area contributed by atoms with Gasteiger partial charge in [-0.25, -0.2) is 0 Å². The number of ether oxygens (including phenoxy) is 1. The SMILES string of the molecule is Cc1ccc(C(O)COc2ccc(CO)cc2)cc1C. The lowest BCUT2D eigenvalue weighted by atomic mass is 10.0. The standard InChI is InChI=1S/C17H20O3/c1-12-3-6-15(9-13(12)2)17(19)11-20-16-7-4-14(10-18)5-8-16/h3-9,17-19H,10-11H2,1-2H3. The van der Waals surface area contributed by atoms with Crippen molar-refractivity contribution in [2.75, 3.05) is 6.61 Å². The molecule has 3 nitrogen and oxygen atoms in total. The maximum Gasteiger partial charge on any atom is 0.119 e. The van der Waals surface area contributed by atoms with E-state index in [1.54, 1.807) is 24.3 Å². The van der Waals surface area contributed by atoms with Crippen LogP contribution < -0.4 is 4.74 Å². The highest BCUT2D eigenvalue weighted by molar-refractivity contribution is 5.31. The number of rotatable bonds is 5. The summed E-state index contributed by atoms with van der Waals surface area (Å²) in [6.07, 6.45) is -0.646. The minimum atomic E-state index is -0.646. The van der Waals surface area contributed by atoms with E-state index in [0.29, 0.717) is 5.75 Å². The molecule has 0 saturated heterocycles. The first kappa shape index (κ1) is 14.6. The van der Waals surface area contributed by atoms with Crippen LogP contribution in [0.5, 0.6) is 5.75 Å². The van der Waals surface area contributed by atoms with Crippen LogP contribution in [0.15, 0.2) is 42.5 Å². The van der Waals surface area contributed by atoms with Crippen LogP contribution in [0.1, 0.15) is 28.4 Å². The number of hydrogen-bond donors (Lipinski definition) is 2. The first-order chi connectivity index (χ1) is 9.60. The lowest BCUT2D eigenvalue weighted by molar-refractivity contribution is 0.108. The van der Waals surface area contributed by atoms with Crippen molar-refractivity contribution in [2.24, 2.45) is 0 Å². The van der Waals surface area contributed by atoms with Crippen molar-refractivity contribution in [2.45, 2.75) is 26.6 Å². The van der Waals surface area contributed by atoms with Crippen LogP contribution in [0.25, 0.3) is 0 Å². The third kappa shape index (κ3) is 3.59. The molecular weight excluding hydrogens is 252 g/mol. The molecule has 0 fully saturated rings. The fourth-order valence-corrected chi connectivity index (χ4v) is 1.93. The average Bonchev–Trinajstić information content (AvgIpc) is 2.48. The van der Waals surface area contributed by atoms with Crippen LogP contribution in [0.4, 0.5) is 0 Å². The summed E-state index contributed by atoms with van der Waals surface area (Å²) in [6, 6.07) is 13.1. The zero-order chi connectivity index (χ0) is 14.5. The van der Waals surface area contributed by atoms with E-state index in [-0.39, 0.29) is 13.2 Å². The van der Waals surface area contributed by atoms with Crippen molar-refractivity contribution in [1.29, 1.82) is 0 Å². The van der Waals surface area contributed by atoms with Crippen molar-refractivity contribution < 1.29 is 14.9 Å². The predicted molar refractivity (Wildman–Crippen MR) is 78.7 cm³/mol. The van der Waals surface area contributed by atoms with Crippen molar-refractivity contribution >= 4 is 0 Å². The molecule has 0 bridgehead atoms. The number of aliphatic hydroxyl groups excluding tert-OH is 2. The van der Waals surface area contributed by atoms with Crippen molar-refractivity contribution in [3.8, 4) is 5.75 Å². The summed E-state index contributed by atoms with van der Waals surface area (Å²) in [4.78, 5) is 0. The summed E-state index contributed by atoms with van der Waals surface area (Å²) in [7, 11) is 0. The Labute approximate surface area is 119 Å². The summed E-state index contributed by atoms with van der Waals surface area (Å²) in [5.74, 6) is 0.685. The highest BCUT2D eigenvalue weighted by atomic mass is 16.5. The first-order valence-electron chi connectivity index (χ1n) is 6.68. The highest BCUT2D eigenvalue weighted by Crippen LogP contribution is 2.19. The van der Waals surface area contributed by atoms with Gasteiger partial charge < -0.3 is 14.9 Å². The molecule has 106 valence electrons. The normalized spacial score (nSPS) is 12.2. The highest BCUT2D eigenvalue weighted by Gasteiger charge is 2.09. The van der Waals surface area contributed by atoms with E-state index in [1.165, 1.54) is 5.56 Å². The van der Waals surface area contributed by atoms with Gasteiger partial charge in [0.1, 0.15) is 18.5 Å². The van der Waals surface area contributed by atoms with Crippen LogP contribution in [-0.4, -0.2) is 16.8 Å². The molecule has 20 heavy (non-hydrogen) atoms. The predicted octanol–water partition coefficient (Wildman–Crippen LogP) is 2.91. The van der Waals surface area contributed by atoms with Gasteiger partial charge in [0.15, 0.2) is 0 Å². The third-order valence-corrected chi connectivity index (χ3v) is 3.43. The molecule has 0 aliphatic rings. The molecule has 2 rings (SSSR count). The van der Waals surface area contributed by atoms with E-state index in [0.717, 1.165) is 16.7 Å². The van der Waals surface area contributed by atoms with Gasteiger partial charge in [0.05, 0.1) is 6.61 Å². The maximum atomic E-state index is 10.1. The number of benzene rings is 2. The molecule has 0 aromatic heterocycles. The van der Waals surface area contributed by atoms with Gasteiger partial charge in [0.2, 0.25) is 0 Å². The van der Waals surface area contributed by atoms with Crippen molar-refractivity contribution in [3.63, 3.8) is 0 Å². The second-order valence-corrected chi connectivity index (χ2v) is 4.97. The van der Waals surface area contributed by atoms with Gasteiger partial charge in [0, 0.05) is 0 Å². The molecular formula is C17H20O3. The minimum Gasteiger partial charge on any atom is -0.491 e. The molecule has 0 heterocycles. The molecule has 0 aliphatic carbocycles. The summed E-state index contributed by atoms with van der Waals surface area (Å²) in [6.45, 7) is 4.30. The Balaban J connectivity index is 1.96. The maximum absolute atomic E-state index is 10.1. The Morgan fingerprint density at radius 1 is 1.00 bits per heavy atom. The van der Waals surface area contributed by atoms with E-state index < -0.39 is 6.10 Å². The molecule has 1 unspecified atom stereocenters. The lowest BCUT2D eigenvalue weighted by Crippen LogP contribution is -2.10. The van der Waals surface area contributed by atoms with E-state index in [1.807, 2.05) is 32.0 Å². The fraction of sp³-hybridized carbons (Fsp3) is 0.294. The fourth-order valence-electron chi connectivity index (χ4n) is 1.93. The average molecular weight is 272 g/mol. The van der Waals surface area contributed by atoms with E-state index in [2.05, 4.69) is 0 Å². The van der Waals surface area contributed by atoms with Crippen LogP contribution in [0.3, 0.4) is 0 Å². The smallest absolute Gasteiger partial charge is 0.119 e. The number of aryl methyl sites for hydroxylation is 2. The van der Waals surface area contributed by atoms with Gasteiger partial charge in [-0.05, 0) is 48.2 Å². The van der Waals surface area contributed by atoms with E-state index >= 15 is 0 Å². The van der Waals surface area contributed by atoms with Crippen molar-refractivity contribution in [1.82, 2.24) is 0 Å². The Morgan fingerprint density at radius 2 is 1.70 bits per heavy atom. The molecule has 0 amide bonds. The summed E-state index contributed by atoms with van der Waals surface area (Å²) < 4.78 is 5.56. The Hall–Kier alpha value is -1.84. The first-order valence-corrected chi connectivity index (χ1v) is 6.68. The Morgan fingerprint density at radius 3 is 2.30 bits per heavy atom. The van der Waals surface area contributed by atoms with Gasteiger partial charge >= 0.3 is 0 Å². The molecule has 0 spiro atoms. The van der Waals surface area contributed by atoms with Crippen LogP contribution in [0, 0.1) is 13.8 Å². The Kier molecular flexibility index (Phi) is 4.77. The molecule has 2 aromatic carbocycles. The van der Waals surface area contributed by atoms with Crippen molar-refractivity contribution in [3.05, 3.63) is 64.7 Å². The topological polar surface area (TPSA) is 49.7 Å². The van der Waals surface area contributed by atoms with Gasteiger partial charge in [-0.3, -0.25) is 0 Å². The monoisotopic (exact) mass is 272 g/mol. The number of aliphatic hydroxyl groups is 2. The van der Waals surface area contributed by atoms with Crippen LogP contribution in [0.2, 0.25) is 0 Å². The second-order valence-electron chi connectivity index (χ2n) is 4.97. The lowest BCUT2D eigenvalue weighted by Gasteiger charge is -2.14. The zero-order valence-electron chi connectivity index (χ0n) is 11.8. The number of hydrogen-bond acceptors (Lipinski definition) is 3. The van der Waals surface area contributed by atoms with Crippen LogP contribution in [-0.2, 0) is 6.61 Å².